The van der Waals surface area contributed by atoms with E-state index >= 15 is 0 Å². The Balaban J connectivity index is 1.90. The highest BCUT2D eigenvalue weighted by molar-refractivity contribution is 5.49. The summed E-state index contributed by atoms with van der Waals surface area (Å²) in [6, 6.07) is 13.4. The highest BCUT2D eigenvalue weighted by Gasteiger charge is 2.26. The van der Waals surface area contributed by atoms with Crippen LogP contribution in [0.2, 0.25) is 0 Å². The van der Waals surface area contributed by atoms with Crippen molar-refractivity contribution < 1.29 is 10.2 Å². The molecular weight excluding hydrogens is 262 g/mol. The Labute approximate surface area is 124 Å². The fourth-order valence-electron chi connectivity index (χ4n) is 3.07. The van der Waals surface area contributed by atoms with Gasteiger partial charge in [0, 0.05) is 37.2 Å². The van der Waals surface area contributed by atoms with Gasteiger partial charge in [-0.15, -0.1) is 6.58 Å². The van der Waals surface area contributed by atoms with Crippen LogP contribution in [0.5, 0.6) is 11.5 Å². The Kier molecular flexibility index (Phi) is 3.67. The summed E-state index contributed by atoms with van der Waals surface area (Å²) in [6.45, 7) is 6.28. The fraction of sp³-hybridized carbons (Fsp3) is 0.222. The summed E-state index contributed by atoms with van der Waals surface area (Å²) in [5, 5.41) is 19.8. The van der Waals surface area contributed by atoms with Crippen molar-refractivity contribution in [1.82, 2.24) is 4.90 Å². The first-order valence-corrected chi connectivity index (χ1v) is 7.11. The summed E-state index contributed by atoms with van der Waals surface area (Å²) in [6.07, 6.45) is 1.87. The van der Waals surface area contributed by atoms with Crippen LogP contribution in [-0.4, -0.2) is 21.7 Å². The third-order valence-electron chi connectivity index (χ3n) is 3.98. The van der Waals surface area contributed by atoms with Gasteiger partial charge in [-0.3, -0.25) is 4.90 Å². The van der Waals surface area contributed by atoms with Crippen LogP contribution in [-0.2, 0) is 13.1 Å². The van der Waals surface area contributed by atoms with E-state index in [1.165, 1.54) is 11.6 Å². The van der Waals surface area contributed by atoms with Crippen LogP contribution < -0.4 is 0 Å². The zero-order valence-electron chi connectivity index (χ0n) is 11.9. The molecule has 1 heterocycles. The van der Waals surface area contributed by atoms with Crippen LogP contribution in [0.4, 0.5) is 0 Å². The molecule has 108 valence electrons. The van der Waals surface area contributed by atoms with Crippen molar-refractivity contribution in [3.63, 3.8) is 0 Å². The second-order valence-electron chi connectivity index (χ2n) is 5.54. The molecule has 1 aliphatic heterocycles. The van der Waals surface area contributed by atoms with E-state index in [1.54, 1.807) is 6.07 Å². The second kappa shape index (κ2) is 5.62. The molecular formula is C18H19NO2. The largest absolute Gasteiger partial charge is 0.508 e. The average molecular weight is 281 g/mol. The number of hydrogen-bond donors (Lipinski definition) is 2. The minimum absolute atomic E-state index is 0.0815. The first-order valence-electron chi connectivity index (χ1n) is 7.11. The number of phenols is 2. The summed E-state index contributed by atoms with van der Waals surface area (Å²) >= 11 is 0. The molecule has 0 radical (unpaired) electrons. The lowest BCUT2D eigenvalue weighted by Gasteiger charge is -2.33. The van der Waals surface area contributed by atoms with Crippen molar-refractivity contribution in [2.24, 2.45) is 0 Å². The number of nitrogens with zero attached hydrogens (tertiary/aromatic N) is 1. The molecule has 0 amide bonds. The Morgan fingerprint density at radius 1 is 1.19 bits per heavy atom. The Morgan fingerprint density at radius 2 is 1.95 bits per heavy atom. The van der Waals surface area contributed by atoms with Gasteiger partial charge >= 0.3 is 0 Å². The number of fused-ring (bicyclic) bond motifs is 1. The molecule has 0 spiro atoms. The summed E-state index contributed by atoms with van der Waals surface area (Å²) in [5.74, 6) is 0.350. The van der Waals surface area contributed by atoms with Crippen molar-refractivity contribution in [3.05, 3.63) is 71.8 Å². The molecule has 0 unspecified atom stereocenters. The molecule has 0 fully saturated rings. The van der Waals surface area contributed by atoms with E-state index in [-0.39, 0.29) is 17.4 Å². The number of aromatic hydroxyl groups is 2. The topological polar surface area (TPSA) is 43.7 Å². The summed E-state index contributed by atoms with van der Waals surface area (Å²) in [5.41, 5.74) is 3.12. The normalized spacial score (nSPS) is 18.2. The van der Waals surface area contributed by atoms with Crippen LogP contribution >= 0.6 is 0 Å². The second-order valence-corrected chi connectivity index (χ2v) is 5.54. The summed E-state index contributed by atoms with van der Waals surface area (Å²) in [4.78, 5) is 2.31. The van der Waals surface area contributed by atoms with Crippen LogP contribution in [0.1, 0.15) is 22.6 Å². The SMILES string of the molecule is C=C[C@H]1CN(Cc2ccccc2)Cc2cc(O)cc(O)c21. The van der Waals surface area contributed by atoms with E-state index in [9.17, 15) is 10.2 Å². The lowest BCUT2D eigenvalue weighted by molar-refractivity contribution is 0.231. The Hall–Kier alpha value is -2.26. The smallest absolute Gasteiger partial charge is 0.123 e. The van der Waals surface area contributed by atoms with Gasteiger partial charge in [0.1, 0.15) is 11.5 Å². The van der Waals surface area contributed by atoms with Crippen LogP contribution in [0, 0.1) is 0 Å². The molecule has 0 saturated heterocycles. The zero-order chi connectivity index (χ0) is 14.8. The monoisotopic (exact) mass is 281 g/mol. The molecule has 0 bridgehead atoms. The maximum atomic E-state index is 10.1. The highest BCUT2D eigenvalue weighted by atomic mass is 16.3. The number of phenolic OH excluding ortho intramolecular Hbond substituents is 2. The van der Waals surface area contributed by atoms with Gasteiger partial charge in [0.15, 0.2) is 0 Å². The third kappa shape index (κ3) is 2.78. The standard InChI is InChI=1S/C18H19NO2/c1-2-14-11-19(10-13-6-4-3-5-7-13)12-15-8-16(20)9-17(21)18(14)15/h2-9,14,20-21H,1,10-12H2/t14-/m0/s1. The number of hydrogen-bond acceptors (Lipinski definition) is 3. The van der Waals surface area contributed by atoms with Crippen molar-refractivity contribution >= 4 is 0 Å². The molecule has 2 aromatic rings. The number of benzene rings is 2. The lowest BCUT2D eigenvalue weighted by atomic mass is 9.88. The van der Waals surface area contributed by atoms with E-state index in [4.69, 9.17) is 0 Å². The molecule has 2 N–H and O–H groups in total. The van der Waals surface area contributed by atoms with Gasteiger partial charge in [-0.05, 0) is 17.2 Å². The maximum absolute atomic E-state index is 10.1. The quantitative estimate of drug-likeness (QED) is 0.848. The molecule has 1 atom stereocenters. The molecule has 3 heteroatoms. The van der Waals surface area contributed by atoms with Gasteiger partial charge in [-0.2, -0.15) is 0 Å². The fourth-order valence-corrected chi connectivity index (χ4v) is 3.07. The maximum Gasteiger partial charge on any atom is 0.123 e. The third-order valence-corrected chi connectivity index (χ3v) is 3.98. The molecule has 21 heavy (non-hydrogen) atoms. The molecule has 1 aliphatic rings. The van der Waals surface area contributed by atoms with E-state index in [0.717, 1.165) is 30.8 Å². The van der Waals surface area contributed by atoms with Crippen LogP contribution in [0.3, 0.4) is 0 Å². The van der Waals surface area contributed by atoms with Crippen LogP contribution in [0.25, 0.3) is 0 Å². The Morgan fingerprint density at radius 3 is 2.67 bits per heavy atom. The van der Waals surface area contributed by atoms with Crippen molar-refractivity contribution in [3.8, 4) is 11.5 Å². The highest BCUT2D eigenvalue weighted by Crippen LogP contribution is 2.38. The first-order chi connectivity index (χ1) is 10.2. The lowest BCUT2D eigenvalue weighted by Crippen LogP contribution is -2.32. The minimum atomic E-state index is 0.0815. The molecule has 3 rings (SSSR count). The van der Waals surface area contributed by atoms with Crippen molar-refractivity contribution in [2.45, 2.75) is 19.0 Å². The number of rotatable bonds is 3. The molecule has 0 aromatic heterocycles. The van der Waals surface area contributed by atoms with Crippen molar-refractivity contribution in [2.75, 3.05) is 6.54 Å². The molecule has 0 saturated carbocycles. The van der Waals surface area contributed by atoms with Crippen molar-refractivity contribution in [1.29, 1.82) is 0 Å². The minimum Gasteiger partial charge on any atom is -0.508 e. The van der Waals surface area contributed by atoms with Gasteiger partial charge in [-0.1, -0.05) is 36.4 Å². The average Bonchev–Trinajstić information content (AvgIpc) is 2.46. The van der Waals surface area contributed by atoms with E-state index in [0.29, 0.717) is 0 Å². The predicted octanol–water partition coefficient (Wildman–Crippen LogP) is 3.38. The van der Waals surface area contributed by atoms with Crippen LogP contribution in [0.15, 0.2) is 55.1 Å². The summed E-state index contributed by atoms with van der Waals surface area (Å²) in [7, 11) is 0. The summed E-state index contributed by atoms with van der Waals surface area (Å²) < 4.78 is 0. The molecule has 2 aromatic carbocycles. The van der Waals surface area contributed by atoms with E-state index < -0.39 is 0 Å². The predicted molar refractivity (Wildman–Crippen MR) is 83.3 cm³/mol. The van der Waals surface area contributed by atoms with E-state index in [2.05, 4.69) is 23.6 Å². The zero-order valence-corrected chi connectivity index (χ0v) is 11.9. The van der Waals surface area contributed by atoms with E-state index in [1.807, 2.05) is 24.3 Å². The van der Waals surface area contributed by atoms with Gasteiger partial charge in [0.05, 0.1) is 0 Å². The van der Waals surface area contributed by atoms with Gasteiger partial charge < -0.3 is 10.2 Å². The first kappa shape index (κ1) is 13.7. The van der Waals surface area contributed by atoms with Gasteiger partial charge in [-0.25, -0.2) is 0 Å². The van der Waals surface area contributed by atoms with Gasteiger partial charge in [0.25, 0.3) is 0 Å². The Bertz CT molecular complexity index is 652. The molecule has 3 nitrogen and oxygen atoms in total. The van der Waals surface area contributed by atoms with Gasteiger partial charge in [0.2, 0.25) is 0 Å². The molecule has 0 aliphatic carbocycles.